The number of halogens is 2. The van der Waals surface area contributed by atoms with Gasteiger partial charge in [-0.3, -0.25) is 9.69 Å². The molecule has 0 saturated carbocycles. The van der Waals surface area contributed by atoms with E-state index in [1.807, 2.05) is 25.9 Å². The molecule has 1 amide bonds. The van der Waals surface area contributed by atoms with Gasteiger partial charge in [0.2, 0.25) is 11.7 Å². The van der Waals surface area contributed by atoms with E-state index in [-0.39, 0.29) is 12.5 Å². The Bertz CT molecular complexity index is 1270. The topological polar surface area (TPSA) is 89.9 Å². The zero-order valence-corrected chi connectivity index (χ0v) is 24.4. The fraction of sp³-hybridized carbons (Fsp3) is 0.519. The minimum Gasteiger partial charge on any atom is -0.493 e. The number of rotatable bonds is 7. The molecule has 2 aromatic rings. The molecule has 2 aliphatic heterocycles. The Hall–Kier alpha value is -2.59. The van der Waals surface area contributed by atoms with E-state index in [1.165, 1.54) is 28.4 Å². The highest BCUT2D eigenvalue weighted by atomic mass is 35.5. The lowest BCUT2D eigenvalue weighted by Crippen LogP contribution is -2.50. The molecule has 3 atom stereocenters. The molecule has 0 fully saturated rings. The van der Waals surface area contributed by atoms with E-state index in [1.54, 1.807) is 12.0 Å². The standard InChI is InChI=1S/C27H34Cl2N2O7/c1-12-20(28)13-9-15-18-14(23(35-5)26(38-8)25(37-7)21(18)29)10-16(30(2)3)27(33)31(15)17(11-32)19(13)24(36-6)22(12)34-4/h15-17,32H,9-11H2,1-8H3/t15-,16?,17-/m0/s1. The summed E-state index contributed by atoms with van der Waals surface area (Å²) in [6, 6.07) is -1.93. The van der Waals surface area contributed by atoms with Crippen molar-refractivity contribution in [3.63, 3.8) is 0 Å². The number of methoxy groups -OCH3 is 5. The maximum absolute atomic E-state index is 14.3. The number of fused-ring (bicyclic) bond motifs is 4. The summed E-state index contributed by atoms with van der Waals surface area (Å²) in [5.41, 5.74) is 3.50. The maximum atomic E-state index is 14.3. The fourth-order valence-electron chi connectivity index (χ4n) is 5.96. The first-order chi connectivity index (χ1) is 18.1. The van der Waals surface area contributed by atoms with Crippen molar-refractivity contribution in [2.24, 2.45) is 0 Å². The normalized spacial score (nSPS) is 20.4. The Morgan fingerprint density at radius 2 is 1.39 bits per heavy atom. The monoisotopic (exact) mass is 568 g/mol. The average molecular weight is 569 g/mol. The highest BCUT2D eigenvalue weighted by Crippen LogP contribution is 2.57. The number of hydrogen-bond acceptors (Lipinski definition) is 8. The smallest absolute Gasteiger partial charge is 0.241 e. The second kappa shape index (κ2) is 10.9. The second-order valence-electron chi connectivity index (χ2n) is 9.55. The lowest BCUT2D eigenvalue weighted by atomic mass is 9.82. The van der Waals surface area contributed by atoms with Gasteiger partial charge in [0.15, 0.2) is 23.0 Å². The summed E-state index contributed by atoms with van der Waals surface area (Å²) in [6.07, 6.45) is 0.627. The van der Waals surface area contributed by atoms with E-state index in [9.17, 15) is 9.90 Å². The molecule has 0 bridgehead atoms. The molecule has 4 rings (SSSR count). The first kappa shape index (κ1) is 28.4. The van der Waals surface area contributed by atoms with Crippen molar-refractivity contribution in [3.05, 3.63) is 37.9 Å². The van der Waals surface area contributed by atoms with Gasteiger partial charge in [0.25, 0.3) is 0 Å². The first-order valence-electron chi connectivity index (χ1n) is 12.2. The summed E-state index contributed by atoms with van der Waals surface area (Å²) in [7, 11) is 11.3. The van der Waals surface area contributed by atoms with E-state index in [4.69, 9.17) is 46.9 Å². The van der Waals surface area contributed by atoms with E-state index in [2.05, 4.69) is 0 Å². The molecule has 0 spiro atoms. The third kappa shape index (κ3) is 4.02. The molecule has 9 nitrogen and oxygen atoms in total. The predicted molar refractivity (Wildman–Crippen MR) is 145 cm³/mol. The van der Waals surface area contributed by atoms with Gasteiger partial charge in [-0.05, 0) is 33.0 Å². The van der Waals surface area contributed by atoms with Crippen molar-refractivity contribution in [2.45, 2.75) is 37.9 Å². The summed E-state index contributed by atoms with van der Waals surface area (Å²) in [5.74, 6) is 1.84. The number of aliphatic hydroxyl groups excluding tert-OH is 1. The van der Waals surface area contributed by atoms with Crippen LogP contribution in [0.15, 0.2) is 0 Å². The van der Waals surface area contributed by atoms with Crippen LogP contribution in [0.2, 0.25) is 10.0 Å². The van der Waals surface area contributed by atoms with Crippen molar-refractivity contribution in [1.82, 2.24) is 9.80 Å². The van der Waals surface area contributed by atoms with E-state index >= 15 is 0 Å². The number of carbonyl (C=O) groups is 1. The fourth-order valence-corrected chi connectivity index (χ4v) is 6.62. The van der Waals surface area contributed by atoms with Gasteiger partial charge in [-0.25, -0.2) is 0 Å². The van der Waals surface area contributed by atoms with Crippen molar-refractivity contribution >= 4 is 29.1 Å². The maximum Gasteiger partial charge on any atom is 0.241 e. The summed E-state index contributed by atoms with van der Waals surface area (Å²) >= 11 is 14.0. The summed E-state index contributed by atoms with van der Waals surface area (Å²) in [4.78, 5) is 17.9. The zero-order chi connectivity index (χ0) is 28.0. The average Bonchev–Trinajstić information content (AvgIpc) is 3.03. The minimum atomic E-state index is -0.776. The number of benzene rings is 2. The third-order valence-corrected chi connectivity index (χ3v) is 8.53. The van der Waals surface area contributed by atoms with Gasteiger partial charge in [0, 0.05) is 28.7 Å². The number of hydrogen-bond donors (Lipinski definition) is 1. The highest BCUT2D eigenvalue weighted by Gasteiger charge is 2.49. The first-order valence-corrected chi connectivity index (χ1v) is 12.9. The van der Waals surface area contributed by atoms with Crippen molar-refractivity contribution in [2.75, 3.05) is 56.3 Å². The molecular formula is C27H34Cl2N2O7. The number of ether oxygens (including phenoxy) is 5. The van der Waals surface area contributed by atoms with Crippen LogP contribution in [-0.4, -0.2) is 83.1 Å². The van der Waals surface area contributed by atoms with Crippen LogP contribution in [0.3, 0.4) is 0 Å². The van der Waals surface area contributed by atoms with Crippen LogP contribution >= 0.6 is 23.2 Å². The minimum absolute atomic E-state index is 0.172. The number of carbonyl (C=O) groups excluding carboxylic acids is 1. The lowest BCUT2D eigenvalue weighted by molar-refractivity contribution is -0.143. The summed E-state index contributed by atoms with van der Waals surface area (Å²) in [6.45, 7) is 1.48. The molecule has 1 N–H and O–H groups in total. The molecule has 208 valence electrons. The molecule has 2 aliphatic rings. The number of aliphatic hydroxyl groups is 1. The van der Waals surface area contributed by atoms with Gasteiger partial charge in [-0.1, -0.05) is 23.2 Å². The van der Waals surface area contributed by atoms with Gasteiger partial charge in [-0.2, -0.15) is 0 Å². The molecule has 2 heterocycles. The molecule has 11 heteroatoms. The van der Waals surface area contributed by atoms with Gasteiger partial charge < -0.3 is 33.7 Å². The van der Waals surface area contributed by atoms with Crippen LogP contribution in [0.1, 0.15) is 39.9 Å². The molecule has 0 saturated heterocycles. The highest BCUT2D eigenvalue weighted by molar-refractivity contribution is 6.34. The van der Waals surface area contributed by atoms with Crippen LogP contribution < -0.4 is 23.7 Å². The SMILES string of the molecule is COc1c(C)c(Cl)c2c(c1OC)[C@H](CO)N1C(=O)C(N(C)C)Cc3c(OC)c(OC)c(OC)c(Cl)c3[C@@H]1C2. The summed E-state index contributed by atoms with van der Waals surface area (Å²) in [5, 5.41) is 11.6. The lowest BCUT2D eigenvalue weighted by Gasteiger charge is -2.45. The molecule has 0 aliphatic carbocycles. The van der Waals surface area contributed by atoms with Crippen LogP contribution in [0.25, 0.3) is 0 Å². The number of likely N-dealkylation sites (N-methyl/N-ethyl adjacent to an activating group) is 1. The molecule has 38 heavy (non-hydrogen) atoms. The van der Waals surface area contributed by atoms with Crippen LogP contribution in [0.5, 0.6) is 28.7 Å². The number of nitrogens with zero attached hydrogens (tertiary/aromatic N) is 2. The molecule has 2 aromatic carbocycles. The van der Waals surface area contributed by atoms with Crippen molar-refractivity contribution in [1.29, 1.82) is 0 Å². The Labute approximate surface area is 233 Å². The second-order valence-corrected chi connectivity index (χ2v) is 10.3. The van der Waals surface area contributed by atoms with Gasteiger partial charge in [0.1, 0.15) is 0 Å². The number of amides is 1. The van der Waals surface area contributed by atoms with E-state index < -0.39 is 18.1 Å². The summed E-state index contributed by atoms with van der Waals surface area (Å²) < 4.78 is 28.6. The quantitative estimate of drug-likeness (QED) is 0.536. The van der Waals surface area contributed by atoms with Gasteiger partial charge >= 0.3 is 0 Å². The third-order valence-electron chi connectivity index (χ3n) is 7.65. The van der Waals surface area contributed by atoms with Gasteiger partial charge in [-0.15, -0.1) is 0 Å². The Balaban J connectivity index is 2.14. The molecule has 0 radical (unpaired) electrons. The predicted octanol–water partition coefficient (Wildman–Crippen LogP) is 3.99. The van der Waals surface area contributed by atoms with Crippen molar-refractivity contribution < 1.29 is 33.6 Å². The largest absolute Gasteiger partial charge is 0.493 e. The van der Waals surface area contributed by atoms with Crippen LogP contribution in [0.4, 0.5) is 0 Å². The molecular weight excluding hydrogens is 535 g/mol. The van der Waals surface area contributed by atoms with Crippen molar-refractivity contribution in [3.8, 4) is 28.7 Å². The van der Waals surface area contributed by atoms with E-state index in [0.717, 1.165) is 11.1 Å². The Kier molecular flexibility index (Phi) is 8.14. The molecule has 1 unspecified atom stereocenters. The zero-order valence-electron chi connectivity index (χ0n) is 22.9. The Morgan fingerprint density at radius 3 is 1.89 bits per heavy atom. The Morgan fingerprint density at radius 1 is 0.816 bits per heavy atom. The molecule has 0 aromatic heterocycles. The van der Waals surface area contributed by atoms with Crippen LogP contribution in [-0.2, 0) is 17.6 Å². The van der Waals surface area contributed by atoms with E-state index in [0.29, 0.717) is 68.3 Å². The van der Waals surface area contributed by atoms with Crippen LogP contribution in [0, 0.1) is 6.92 Å². The van der Waals surface area contributed by atoms with Gasteiger partial charge in [0.05, 0.1) is 70.3 Å².